The molecule has 86 valence electrons. The summed E-state index contributed by atoms with van der Waals surface area (Å²) in [5, 5.41) is 3.14. The van der Waals surface area contributed by atoms with Crippen molar-refractivity contribution in [2.75, 3.05) is 0 Å². The van der Waals surface area contributed by atoms with Gasteiger partial charge in [0.25, 0.3) is 0 Å². The maximum atomic E-state index is 13.3. The zero-order valence-corrected chi connectivity index (χ0v) is 9.26. The van der Waals surface area contributed by atoms with Crippen LogP contribution in [0.1, 0.15) is 25.3 Å². The van der Waals surface area contributed by atoms with E-state index in [4.69, 9.17) is 6.42 Å². The Morgan fingerprint density at radius 3 is 2.75 bits per heavy atom. The van der Waals surface area contributed by atoms with Crippen molar-refractivity contribution in [3.05, 3.63) is 35.4 Å². The molecule has 0 aromatic heterocycles. The average Bonchev–Trinajstić information content (AvgIpc) is 2.26. The summed E-state index contributed by atoms with van der Waals surface area (Å²) < 4.78 is 25.9. The predicted octanol–water partition coefficient (Wildman–Crippen LogP) is 2.86. The third-order valence-electron chi connectivity index (χ3n) is 2.45. The maximum Gasteiger partial charge on any atom is 0.130 e. The molecule has 1 rings (SSSR count). The van der Waals surface area contributed by atoms with Crippen LogP contribution >= 0.6 is 0 Å². The second-order valence-corrected chi connectivity index (χ2v) is 3.63. The minimum atomic E-state index is -0.558. The van der Waals surface area contributed by atoms with Crippen LogP contribution in [0.4, 0.5) is 8.78 Å². The number of halogens is 2. The van der Waals surface area contributed by atoms with Gasteiger partial charge in [-0.3, -0.25) is 0 Å². The number of nitrogens with one attached hydrogen (secondary N) is 1. The fraction of sp³-hybridized carbons (Fsp3) is 0.385. The van der Waals surface area contributed by atoms with E-state index in [1.165, 1.54) is 12.1 Å². The van der Waals surface area contributed by atoms with Crippen molar-refractivity contribution >= 4 is 0 Å². The lowest BCUT2D eigenvalue weighted by Crippen LogP contribution is -2.27. The van der Waals surface area contributed by atoms with Crippen LogP contribution in [0.2, 0.25) is 0 Å². The van der Waals surface area contributed by atoms with Crippen molar-refractivity contribution in [1.29, 1.82) is 0 Å². The van der Waals surface area contributed by atoms with E-state index >= 15 is 0 Å². The zero-order valence-electron chi connectivity index (χ0n) is 9.26. The summed E-state index contributed by atoms with van der Waals surface area (Å²) in [4.78, 5) is 0. The van der Waals surface area contributed by atoms with Crippen LogP contribution in [0.15, 0.2) is 18.2 Å². The van der Waals surface area contributed by atoms with Crippen LogP contribution in [0.5, 0.6) is 0 Å². The Morgan fingerprint density at radius 1 is 1.44 bits per heavy atom. The Bertz CT molecular complexity index is 382. The minimum absolute atomic E-state index is 0.175. The van der Waals surface area contributed by atoms with E-state index < -0.39 is 11.6 Å². The maximum absolute atomic E-state index is 13.3. The zero-order chi connectivity index (χ0) is 12.0. The molecule has 1 unspecified atom stereocenters. The third kappa shape index (κ3) is 3.63. The lowest BCUT2D eigenvalue weighted by atomic mass is 10.1. The highest BCUT2D eigenvalue weighted by Crippen LogP contribution is 2.10. The largest absolute Gasteiger partial charge is 0.309 e. The molecule has 0 saturated heterocycles. The van der Waals surface area contributed by atoms with E-state index in [2.05, 4.69) is 11.2 Å². The predicted molar refractivity (Wildman–Crippen MR) is 60.7 cm³/mol. The molecule has 0 fully saturated rings. The molecule has 0 aliphatic rings. The molecule has 1 aromatic carbocycles. The number of hydrogen-bond acceptors (Lipinski definition) is 1. The third-order valence-corrected chi connectivity index (χ3v) is 2.45. The van der Waals surface area contributed by atoms with Crippen molar-refractivity contribution in [2.24, 2.45) is 0 Å². The highest BCUT2D eigenvalue weighted by Gasteiger charge is 2.07. The van der Waals surface area contributed by atoms with Gasteiger partial charge in [0.2, 0.25) is 0 Å². The molecule has 1 atom stereocenters. The first kappa shape index (κ1) is 12.7. The summed E-state index contributed by atoms with van der Waals surface area (Å²) in [5.41, 5.74) is 0.455. The first-order chi connectivity index (χ1) is 7.67. The summed E-state index contributed by atoms with van der Waals surface area (Å²) in [6.07, 6.45) is 6.70. The Labute approximate surface area is 94.9 Å². The smallest absolute Gasteiger partial charge is 0.130 e. The van der Waals surface area contributed by atoms with Crippen LogP contribution < -0.4 is 5.32 Å². The van der Waals surface area contributed by atoms with Gasteiger partial charge in [-0.25, -0.2) is 8.78 Å². The van der Waals surface area contributed by atoms with Gasteiger partial charge in [-0.2, -0.15) is 0 Å². The Morgan fingerprint density at radius 2 is 2.19 bits per heavy atom. The molecule has 0 aliphatic carbocycles. The summed E-state index contributed by atoms with van der Waals surface area (Å²) in [5.74, 6) is 1.48. The lowest BCUT2D eigenvalue weighted by Gasteiger charge is -2.14. The Balaban J connectivity index is 2.57. The van der Waals surface area contributed by atoms with Gasteiger partial charge in [0.05, 0.1) is 0 Å². The minimum Gasteiger partial charge on any atom is -0.309 e. The summed E-state index contributed by atoms with van der Waals surface area (Å²) in [7, 11) is 0. The molecule has 1 nitrogen and oxygen atoms in total. The molecule has 1 N–H and O–H groups in total. The topological polar surface area (TPSA) is 12.0 Å². The van der Waals surface area contributed by atoms with Gasteiger partial charge in [0.15, 0.2) is 0 Å². The number of hydrogen-bond donors (Lipinski definition) is 1. The molecule has 1 aromatic rings. The fourth-order valence-corrected chi connectivity index (χ4v) is 1.42. The molecule has 3 heteroatoms. The second-order valence-electron chi connectivity index (χ2n) is 3.63. The van der Waals surface area contributed by atoms with Gasteiger partial charge in [-0.05, 0) is 12.5 Å². The van der Waals surface area contributed by atoms with Gasteiger partial charge in [-0.15, -0.1) is 12.3 Å². The SMILES string of the molecule is C#CCC(CC)NCc1ccc(F)cc1F. The van der Waals surface area contributed by atoms with E-state index in [1.54, 1.807) is 0 Å². The molecule has 0 spiro atoms. The summed E-state index contributed by atoms with van der Waals surface area (Å²) >= 11 is 0. The highest BCUT2D eigenvalue weighted by molar-refractivity contribution is 5.18. The van der Waals surface area contributed by atoms with Crippen molar-refractivity contribution in [3.63, 3.8) is 0 Å². The normalized spacial score (nSPS) is 12.1. The van der Waals surface area contributed by atoms with Gasteiger partial charge >= 0.3 is 0 Å². The number of terminal acetylenes is 1. The second kappa shape index (κ2) is 6.24. The van der Waals surface area contributed by atoms with Crippen molar-refractivity contribution in [2.45, 2.75) is 32.4 Å². The molecule has 0 bridgehead atoms. The fourth-order valence-electron chi connectivity index (χ4n) is 1.42. The van der Waals surface area contributed by atoms with Crippen LogP contribution in [0, 0.1) is 24.0 Å². The first-order valence-electron chi connectivity index (χ1n) is 5.28. The summed E-state index contributed by atoms with van der Waals surface area (Å²) in [6, 6.07) is 3.76. The molecule has 0 heterocycles. The summed E-state index contributed by atoms with van der Waals surface area (Å²) in [6.45, 7) is 2.38. The quantitative estimate of drug-likeness (QED) is 0.757. The standard InChI is InChI=1S/C13H15F2N/c1-3-5-12(4-2)16-9-10-6-7-11(14)8-13(10)15/h1,6-8,12,16H,4-5,9H2,2H3. The van der Waals surface area contributed by atoms with Crippen LogP contribution in [0.3, 0.4) is 0 Å². The van der Waals surface area contributed by atoms with Crippen LogP contribution in [-0.2, 0) is 6.54 Å². The van der Waals surface area contributed by atoms with Crippen molar-refractivity contribution in [3.8, 4) is 12.3 Å². The number of rotatable bonds is 5. The Kier molecular flexibility index (Phi) is 4.94. The molecular weight excluding hydrogens is 208 g/mol. The Hall–Kier alpha value is -1.40. The molecular formula is C13H15F2N. The lowest BCUT2D eigenvalue weighted by molar-refractivity contribution is 0.491. The van der Waals surface area contributed by atoms with Gasteiger partial charge in [0.1, 0.15) is 11.6 Å². The van der Waals surface area contributed by atoms with Gasteiger partial charge in [0, 0.05) is 30.6 Å². The van der Waals surface area contributed by atoms with E-state index in [0.717, 1.165) is 12.5 Å². The first-order valence-corrected chi connectivity index (χ1v) is 5.28. The van der Waals surface area contributed by atoms with E-state index in [0.29, 0.717) is 18.5 Å². The van der Waals surface area contributed by atoms with Gasteiger partial charge in [-0.1, -0.05) is 13.0 Å². The van der Waals surface area contributed by atoms with Crippen LogP contribution in [0.25, 0.3) is 0 Å². The van der Waals surface area contributed by atoms with Gasteiger partial charge < -0.3 is 5.32 Å². The highest BCUT2D eigenvalue weighted by atomic mass is 19.1. The van der Waals surface area contributed by atoms with Crippen molar-refractivity contribution < 1.29 is 8.78 Å². The number of benzene rings is 1. The average molecular weight is 223 g/mol. The molecule has 0 aliphatic heterocycles. The van der Waals surface area contributed by atoms with Crippen LogP contribution in [-0.4, -0.2) is 6.04 Å². The van der Waals surface area contributed by atoms with E-state index in [1.807, 2.05) is 6.92 Å². The van der Waals surface area contributed by atoms with E-state index in [9.17, 15) is 8.78 Å². The molecule has 16 heavy (non-hydrogen) atoms. The molecule has 0 amide bonds. The monoisotopic (exact) mass is 223 g/mol. The molecule has 0 radical (unpaired) electrons. The van der Waals surface area contributed by atoms with Crippen molar-refractivity contribution in [1.82, 2.24) is 5.32 Å². The van der Waals surface area contributed by atoms with E-state index in [-0.39, 0.29) is 6.04 Å². The molecule has 0 saturated carbocycles.